The molecule has 0 aliphatic rings. The zero-order valence-corrected chi connectivity index (χ0v) is 10.6. The molecule has 1 heterocycles. The third-order valence-electron chi connectivity index (χ3n) is 2.04. The average Bonchev–Trinajstić information content (AvgIpc) is 2.28. The number of ether oxygens (including phenoxy) is 1. The van der Waals surface area contributed by atoms with Gasteiger partial charge in [0, 0.05) is 22.8 Å². The van der Waals surface area contributed by atoms with Crippen molar-refractivity contribution in [3.05, 3.63) is 27.5 Å². The van der Waals surface area contributed by atoms with Crippen molar-refractivity contribution in [2.45, 2.75) is 19.9 Å². The van der Waals surface area contributed by atoms with Crippen molar-refractivity contribution < 1.29 is 18.3 Å². The molecular formula is C10H11BrF2N2O2. The third-order valence-corrected chi connectivity index (χ3v) is 2.67. The van der Waals surface area contributed by atoms with Crippen molar-refractivity contribution in [2.75, 3.05) is 6.61 Å². The maximum atomic E-state index is 12.9. The van der Waals surface area contributed by atoms with Gasteiger partial charge in [-0.05, 0) is 22.9 Å². The van der Waals surface area contributed by atoms with E-state index in [0.717, 1.165) is 0 Å². The van der Waals surface area contributed by atoms with Crippen LogP contribution in [0.5, 0.6) is 0 Å². The maximum Gasteiger partial charge on any atom is 0.340 e. The highest BCUT2D eigenvalue weighted by Crippen LogP contribution is 2.32. The summed E-state index contributed by atoms with van der Waals surface area (Å²) in [4.78, 5) is 15.5. The summed E-state index contributed by atoms with van der Waals surface area (Å²) in [6.07, 6.45) is -1.61. The number of nitrogens with zero attached hydrogens (tertiary/aromatic N) is 1. The van der Waals surface area contributed by atoms with Crippen molar-refractivity contribution >= 4 is 21.9 Å². The summed E-state index contributed by atoms with van der Waals surface area (Å²) in [5.41, 5.74) is 4.79. The third kappa shape index (κ3) is 2.98. The molecule has 0 aliphatic carbocycles. The summed E-state index contributed by atoms with van der Waals surface area (Å²) >= 11 is 2.94. The number of esters is 1. The molecule has 0 aromatic carbocycles. The summed E-state index contributed by atoms with van der Waals surface area (Å²) in [7, 11) is 0. The molecule has 1 rings (SSSR count). The zero-order chi connectivity index (χ0) is 13.0. The van der Waals surface area contributed by atoms with Gasteiger partial charge in [-0.2, -0.15) is 0 Å². The van der Waals surface area contributed by atoms with E-state index in [1.807, 2.05) is 0 Å². The Morgan fingerprint density at radius 3 is 2.76 bits per heavy atom. The van der Waals surface area contributed by atoms with Crippen LogP contribution in [0.4, 0.5) is 8.78 Å². The molecule has 0 unspecified atom stereocenters. The summed E-state index contributed by atoms with van der Waals surface area (Å²) in [6.45, 7) is 1.58. The molecule has 0 saturated heterocycles. The van der Waals surface area contributed by atoms with Crippen LogP contribution in [0.25, 0.3) is 0 Å². The fourth-order valence-corrected chi connectivity index (χ4v) is 1.82. The van der Waals surface area contributed by atoms with E-state index < -0.39 is 18.0 Å². The molecule has 1 aromatic heterocycles. The van der Waals surface area contributed by atoms with Crippen molar-refractivity contribution in [1.82, 2.24) is 4.98 Å². The highest BCUT2D eigenvalue weighted by atomic mass is 79.9. The van der Waals surface area contributed by atoms with Crippen molar-refractivity contribution in [1.29, 1.82) is 0 Å². The zero-order valence-electron chi connectivity index (χ0n) is 9.04. The quantitative estimate of drug-likeness (QED) is 0.868. The second kappa shape index (κ2) is 6.02. The van der Waals surface area contributed by atoms with Crippen LogP contribution in [0, 0.1) is 0 Å². The lowest BCUT2D eigenvalue weighted by molar-refractivity contribution is 0.0513. The highest BCUT2D eigenvalue weighted by molar-refractivity contribution is 9.10. The first-order valence-corrected chi connectivity index (χ1v) is 5.64. The van der Waals surface area contributed by atoms with Crippen LogP contribution in [0.2, 0.25) is 0 Å². The first kappa shape index (κ1) is 14.0. The number of nitrogens with two attached hydrogens (primary N) is 1. The molecule has 0 atom stereocenters. The van der Waals surface area contributed by atoms with Crippen molar-refractivity contribution in [3.8, 4) is 0 Å². The van der Waals surface area contributed by atoms with Gasteiger partial charge >= 0.3 is 5.97 Å². The average molecular weight is 309 g/mol. The molecule has 17 heavy (non-hydrogen) atoms. The monoisotopic (exact) mass is 308 g/mol. The van der Waals surface area contributed by atoms with Gasteiger partial charge < -0.3 is 10.5 Å². The van der Waals surface area contributed by atoms with Crippen LogP contribution in [0.3, 0.4) is 0 Å². The summed E-state index contributed by atoms with van der Waals surface area (Å²) < 4.78 is 30.6. The Morgan fingerprint density at radius 1 is 1.65 bits per heavy atom. The van der Waals surface area contributed by atoms with E-state index in [0.29, 0.717) is 0 Å². The number of aromatic nitrogens is 1. The number of carbonyl (C=O) groups is 1. The molecule has 4 nitrogen and oxygen atoms in total. The minimum absolute atomic E-state index is 0.0627. The molecule has 0 spiro atoms. The predicted molar refractivity (Wildman–Crippen MR) is 60.7 cm³/mol. The van der Waals surface area contributed by atoms with Crippen LogP contribution >= 0.6 is 15.9 Å². The lowest BCUT2D eigenvalue weighted by Gasteiger charge is -2.13. The molecule has 1 aromatic rings. The Bertz CT molecular complexity index is 427. The highest BCUT2D eigenvalue weighted by Gasteiger charge is 2.26. The van der Waals surface area contributed by atoms with Gasteiger partial charge in [-0.25, -0.2) is 13.6 Å². The minimum atomic E-state index is -2.81. The van der Waals surface area contributed by atoms with E-state index in [1.165, 1.54) is 6.20 Å². The fraction of sp³-hybridized carbons (Fsp3) is 0.400. The van der Waals surface area contributed by atoms with Gasteiger partial charge in [0.25, 0.3) is 6.43 Å². The van der Waals surface area contributed by atoms with E-state index in [-0.39, 0.29) is 28.9 Å². The Balaban J connectivity index is 3.40. The lowest BCUT2D eigenvalue weighted by Crippen LogP contribution is -2.16. The topological polar surface area (TPSA) is 65.2 Å². The van der Waals surface area contributed by atoms with Gasteiger partial charge in [0.2, 0.25) is 0 Å². The second-order valence-electron chi connectivity index (χ2n) is 3.07. The molecule has 0 bridgehead atoms. The Hall–Kier alpha value is -1.08. The largest absolute Gasteiger partial charge is 0.462 e. The summed E-state index contributed by atoms with van der Waals surface area (Å²) in [5, 5.41) is 0. The number of pyridine rings is 1. The molecule has 0 amide bonds. The second-order valence-corrected chi connectivity index (χ2v) is 3.92. The number of hydrogen-bond donors (Lipinski definition) is 1. The summed E-state index contributed by atoms with van der Waals surface area (Å²) in [5.74, 6) is -0.836. The van der Waals surface area contributed by atoms with Crippen LogP contribution in [-0.4, -0.2) is 17.6 Å². The van der Waals surface area contributed by atoms with Gasteiger partial charge in [-0.1, -0.05) is 0 Å². The lowest BCUT2D eigenvalue weighted by atomic mass is 10.1. The number of hydrogen-bond acceptors (Lipinski definition) is 4. The van der Waals surface area contributed by atoms with Crippen molar-refractivity contribution in [2.24, 2.45) is 5.73 Å². The van der Waals surface area contributed by atoms with E-state index in [4.69, 9.17) is 10.5 Å². The van der Waals surface area contributed by atoms with E-state index >= 15 is 0 Å². The van der Waals surface area contributed by atoms with Crippen LogP contribution in [0.1, 0.15) is 35.0 Å². The van der Waals surface area contributed by atoms with Crippen LogP contribution in [-0.2, 0) is 11.3 Å². The Labute approximate surface area is 105 Å². The Kier molecular flexibility index (Phi) is 4.95. The molecule has 0 fully saturated rings. The van der Waals surface area contributed by atoms with E-state index in [9.17, 15) is 13.6 Å². The molecule has 94 valence electrons. The molecule has 0 radical (unpaired) electrons. The molecular weight excluding hydrogens is 298 g/mol. The number of rotatable bonds is 4. The van der Waals surface area contributed by atoms with Crippen molar-refractivity contribution in [3.63, 3.8) is 0 Å². The molecule has 7 heteroatoms. The SMILES string of the molecule is CCOC(=O)c1c(CN)ncc(Br)c1C(F)F. The van der Waals surface area contributed by atoms with Crippen LogP contribution in [0.15, 0.2) is 10.7 Å². The van der Waals surface area contributed by atoms with Crippen LogP contribution < -0.4 is 5.73 Å². The summed E-state index contributed by atoms with van der Waals surface area (Å²) in [6, 6.07) is 0. The number of carbonyl (C=O) groups excluding carboxylic acids is 1. The van der Waals surface area contributed by atoms with E-state index in [2.05, 4.69) is 20.9 Å². The van der Waals surface area contributed by atoms with Gasteiger partial charge in [0.05, 0.1) is 17.9 Å². The van der Waals surface area contributed by atoms with Gasteiger partial charge in [0.15, 0.2) is 0 Å². The maximum absolute atomic E-state index is 12.9. The first-order valence-electron chi connectivity index (χ1n) is 4.85. The van der Waals surface area contributed by atoms with Gasteiger partial charge in [-0.15, -0.1) is 0 Å². The minimum Gasteiger partial charge on any atom is -0.462 e. The molecule has 0 aliphatic heterocycles. The standard InChI is InChI=1S/C10H11BrF2N2O2/c1-2-17-10(16)8-6(3-14)15-4-5(11)7(8)9(12)13/h4,9H,2-3,14H2,1H3. The van der Waals surface area contributed by atoms with Gasteiger partial charge in [0.1, 0.15) is 0 Å². The predicted octanol–water partition coefficient (Wildman–Crippen LogP) is 2.42. The van der Waals surface area contributed by atoms with Gasteiger partial charge in [-0.3, -0.25) is 4.98 Å². The number of halogens is 3. The Morgan fingerprint density at radius 2 is 2.29 bits per heavy atom. The normalized spacial score (nSPS) is 10.7. The smallest absolute Gasteiger partial charge is 0.340 e. The number of alkyl halides is 2. The molecule has 2 N–H and O–H groups in total. The fourth-order valence-electron chi connectivity index (χ4n) is 1.34. The van der Waals surface area contributed by atoms with E-state index in [1.54, 1.807) is 6.92 Å². The first-order chi connectivity index (χ1) is 8.02. The molecule has 0 saturated carbocycles.